The van der Waals surface area contributed by atoms with E-state index in [9.17, 15) is 34.8 Å². The number of Topliss-reactive ketones (excluding diaryl/α,β-unsaturated/α-hetero) is 2. The van der Waals surface area contributed by atoms with Crippen molar-refractivity contribution in [1.29, 1.82) is 0 Å². The summed E-state index contributed by atoms with van der Waals surface area (Å²) in [5.74, 6) is -0.457. The van der Waals surface area contributed by atoms with Gasteiger partial charge in [0.05, 0.1) is 13.2 Å². The third-order valence-corrected chi connectivity index (χ3v) is 11.1. The summed E-state index contributed by atoms with van der Waals surface area (Å²) in [5.41, 5.74) is -0.575. The first kappa shape index (κ1) is 28.1. The van der Waals surface area contributed by atoms with Gasteiger partial charge < -0.3 is 34.6 Å². The van der Waals surface area contributed by atoms with Crippen LogP contribution < -0.4 is 0 Å². The van der Waals surface area contributed by atoms with Gasteiger partial charge in [-0.1, -0.05) is 13.8 Å². The third-order valence-electron chi connectivity index (χ3n) is 11.1. The smallest absolute Gasteiger partial charge is 0.337 e. The fourth-order valence-corrected chi connectivity index (χ4v) is 9.14. The second-order valence-electron chi connectivity index (χ2n) is 12.9. The Morgan fingerprint density at radius 3 is 2.42 bits per heavy atom. The number of ether oxygens (including phenoxy) is 3. The molecule has 1 heterocycles. The number of carbonyl (C=O) groups is 3. The van der Waals surface area contributed by atoms with Crippen LogP contribution in [0, 0.1) is 40.4 Å². The minimum Gasteiger partial charge on any atom is -0.467 e. The van der Waals surface area contributed by atoms with Crippen molar-refractivity contribution in [2.45, 2.75) is 102 Å². The van der Waals surface area contributed by atoms with E-state index in [0.717, 1.165) is 45.6 Å². The predicted molar refractivity (Wildman–Crippen MR) is 131 cm³/mol. The molecule has 1 saturated heterocycles. The zero-order valence-corrected chi connectivity index (χ0v) is 22.5. The monoisotopic (exact) mass is 538 g/mol. The maximum atomic E-state index is 13.8. The van der Waals surface area contributed by atoms with Gasteiger partial charge in [-0.25, -0.2) is 4.79 Å². The van der Waals surface area contributed by atoms with Gasteiger partial charge in [0.25, 0.3) is 0 Å². The molecule has 0 bridgehead atoms. The highest BCUT2D eigenvalue weighted by molar-refractivity contribution is 5.88. The lowest BCUT2D eigenvalue weighted by Gasteiger charge is -2.59. The average Bonchev–Trinajstić information content (AvgIpc) is 3.23. The molecule has 5 aliphatic rings. The Labute approximate surface area is 223 Å². The molecule has 10 heteroatoms. The fraction of sp³-hybridized carbons (Fsp3) is 0.893. The highest BCUT2D eigenvalue weighted by atomic mass is 16.7. The summed E-state index contributed by atoms with van der Waals surface area (Å²) in [6.07, 6.45) is -2.24. The Morgan fingerprint density at radius 2 is 1.71 bits per heavy atom. The molecule has 0 aromatic rings. The maximum Gasteiger partial charge on any atom is 0.337 e. The predicted octanol–water partition coefficient (Wildman–Crippen LogP) is 0.752. The minimum absolute atomic E-state index is 0.0223. The molecule has 214 valence electrons. The van der Waals surface area contributed by atoms with E-state index in [1.54, 1.807) is 0 Å². The minimum atomic E-state index is -1.72. The molecule has 4 saturated carbocycles. The summed E-state index contributed by atoms with van der Waals surface area (Å²) in [4.78, 5) is 39.2. The second-order valence-corrected chi connectivity index (χ2v) is 12.9. The molecule has 0 aromatic carbocycles. The lowest BCUT2D eigenvalue weighted by molar-refractivity contribution is -0.293. The van der Waals surface area contributed by atoms with Crippen LogP contribution in [-0.2, 0) is 28.6 Å². The molecule has 0 spiro atoms. The number of aliphatic hydroxyl groups is 4. The summed E-state index contributed by atoms with van der Waals surface area (Å²) in [6.45, 7) is 3.89. The second kappa shape index (κ2) is 10.2. The topological polar surface area (TPSA) is 160 Å². The van der Waals surface area contributed by atoms with Crippen molar-refractivity contribution in [2.75, 3.05) is 13.7 Å². The molecule has 5 rings (SSSR count). The number of rotatable bonds is 5. The van der Waals surface area contributed by atoms with E-state index in [4.69, 9.17) is 9.47 Å². The van der Waals surface area contributed by atoms with Crippen LogP contribution in [0.3, 0.4) is 0 Å². The van der Waals surface area contributed by atoms with Crippen LogP contribution in [0.5, 0.6) is 0 Å². The molecule has 5 fully saturated rings. The van der Waals surface area contributed by atoms with Crippen molar-refractivity contribution < 1.29 is 49.0 Å². The van der Waals surface area contributed by atoms with Gasteiger partial charge in [-0.15, -0.1) is 0 Å². The van der Waals surface area contributed by atoms with E-state index in [-0.39, 0.29) is 46.8 Å². The molecule has 0 unspecified atom stereocenters. The highest BCUT2D eigenvalue weighted by Gasteiger charge is 2.64. The van der Waals surface area contributed by atoms with Gasteiger partial charge in [0.1, 0.15) is 30.7 Å². The number of carbonyl (C=O) groups excluding carboxylic acids is 3. The first-order valence-electron chi connectivity index (χ1n) is 14.0. The molecular formula is C28H42O10. The molecular weight excluding hydrogens is 496 g/mol. The number of hydrogen-bond donors (Lipinski definition) is 4. The van der Waals surface area contributed by atoms with E-state index in [1.807, 2.05) is 0 Å². The van der Waals surface area contributed by atoms with E-state index in [2.05, 4.69) is 18.6 Å². The third kappa shape index (κ3) is 4.36. The van der Waals surface area contributed by atoms with Gasteiger partial charge in [0, 0.05) is 18.3 Å². The maximum absolute atomic E-state index is 13.8. The van der Waals surface area contributed by atoms with E-state index >= 15 is 0 Å². The van der Waals surface area contributed by atoms with Crippen LogP contribution in [0.2, 0.25) is 0 Å². The number of aliphatic hydroxyl groups excluding tert-OH is 4. The zero-order valence-electron chi connectivity index (χ0n) is 22.5. The summed E-state index contributed by atoms with van der Waals surface area (Å²) in [5, 5.41) is 40.8. The Balaban J connectivity index is 1.27. The molecule has 1 aliphatic heterocycles. The number of methoxy groups -OCH3 is 1. The van der Waals surface area contributed by atoms with E-state index in [1.165, 1.54) is 0 Å². The molecule has 4 N–H and O–H groups in total. The van der Waals surface area contributed by atoms with Gasteiger partial charge in [-0.05, 0) is 73.5 Å². The number of hydrogen-bond acceptors (Lipinski definition) is 10. The van der Waals surface area contributed by atoms with Crippen molar-refractivity contribution in [3.63, 3.8) is 0 Å². The van der Waals surface area contributed by atoms with Crippen LogP contribution in [0.1, 0.15) is 65.2 Å². The van der Waals surface area contributed by atoms with Gasteiger partial charge in [-0.3, -0.25) is 9.59 Å². The Hall–Kier alpha value is -1.43. The van der Waals surface area contributed by atoms with Crippen LogP contribution >= 0.6 is 0 Å². The Kier molecular flexibility index (Phi) is 7.54. The van der Waals surface area contributed by atoms with E-state index < -0.39 is 48.7 Å². The van der Waals surface area contributed by atoms with Crippen LogP contribution in [0.15, 0.2) is 0 Å². The summed E-state index contributed by atoms with van der Waals surface area (Å²) >= 11 is 0. The highest BCUT2D eigenvalue weighted by Crippen LogP contribution is 2.66. The standard InChI is InChI=1S/C28H42O10/c1-27-9-8-14(29)10-13(27)4-5-15-16-6-7-17(28(16,2)11-18(30)20(15)27)19(31)12-37-26-23(34)21(32)22(33)24(38-26)25(35)36-3/h13-17,20-24,26,29,32-34H,4-12H2,1-3H3/t13-,14-,15+,16-,17+,20+,21-,22-,23+,24-,26+,27+,28-/m1/s1. The first-order valence-corrected chi connectivity index (χ1v) is 14.0. The number of esters is 1. The molecule has 10 nitrogen and oxygen atoms in total. The summed E-state index contributed by atoms with van der Waals surface area (Å²) in [7, 11) is 1.10. The zero-order chi connectivity index (χ0) is 27.6. The molecule has 13 atom stereocenters. The summed E-state index contributed by atoms with van der Waals surface area (Å²) in [6, 6.07) is 0. The van der Waals surface area contributed by atoms with Crippen molar-refractivity contribution in [3.8, 4) is 0 Å². The van der Waals surface area contributed by atoms with Crippen molar-refractivity contribution in [2.24, 2.45) is 40.4 Å². The normalized spacial score (nSPS) is 50.5. The van der Waals surface area contributed by atoms with Crippen LogP contribution in [0.25, 0.3) is 0 Å². The quantitative estimate of drug-likeness (QED) is 0.368. The number of ketones is 2. The fourth-order valence-electron chi connectivity index (χ4n) is 9.14. The van der Waals surface area contributed by atoms with Crippen molar-refractivity contribution in [3.05, 3.63) is 0 Å². The molecule has 0 amide bonds. The largest absolute Gasteiger partial charge is 0.467 e. The summed E-state index contributed by atoms with van der Waals surface area (Å²) < 4.78 is 15.5. The van der Waals surface area contributed by atoms with Gasteiger partial charge in [-0.2, -0.15) is 0 Å². The van der Waals surface area contributed by atoms with Crippen molar-refractivity contribution >= 4 is 17.5 Å². The van der Waals surface area contributed by atoms with E-state index in [0.29, 0.717) is 18.8 Å². The number of fused-ring (bicyclic) bond motifs is 5. The van der Waals surface area contributed by atoms with Crippen LogP contribution in [-0.4, -0.2) is 88.5 Å². The van der Waals surface area contributed by atoms with Gasteiger partial charge >= 0.3 is 5.97 Å². The molecule has 0 radical (unpaired) electrons. The molecule has 0 aromatic heterocycles. The Bertz CT molecular complexity index is 954. The van der Waals surface area contributed by atoms with Crippen LogP contribution in [0.4, 0.5) is 0 Å². The van der Waals surface area contributed by atoms with Gasteiger partial charge in [0.2, 0.25) is 0 Å². The van der Waals surface area contributed by atoms with Gasteiger partial charge in [0.15, 0.2) is 18.2 Å². The van der Waals surface area contributed by atoms with Crippen molar-refractivity contribution in [1.82, 2.24) is 0 Å². The lowest BCUT2D eigenvalue weighted by atomic mass is 9.44. The first-order chi connectivity index (χ1) is 17.9. The Morgan fingerprint density at radius 1 is 0.974 bits per heavy atom. The lowest BCUT2D eigenvalue weighted by Crippen LogP contribution is -2.60. The average molecular weight is 539 g/mol. The molecule has 38 heavy (non-hydrogen) atoms. The SMILES string of the molecule is COC(=O)[C@@H]1O[C@H](OCC(=O)[C@@H]2CC[C@@H]3[C@@H]4CC[C@@H]5C[C@H](O)CC[C@]5(C)[C@@H]4C(=O)C[C@]32C)[C@@H](O)[C@H](O)[C@H]1O. The molecule has 4 aliphatic carbocycles.